The lowest BCUT2D eigenvalue weighted by Gasteiger charge is -2.03. The molecule has 2 aromatic heterocycles. The highest BCUT2D eigenvalue weighted by Crippen LogP contribution is 2.14. The molecule has 1 N–H and O–H groups in total. The highest BCUT2D eigenvalue weighted by molar-refractivity contribution is 5.47. The summed E-state index contributed by atoms with van der Waals surface area (Å²) in [4.78, 5) is 8.31. The molecule has 6 heteroatoms. The van der Waals surface area contributed by atoms with Crippen molar-refractivity contribution < 1.29 is 4.52 Å². The van der Waals surface area contributed by atoms with Gasteiger partial charge in [-0.1, -0.05) is 19.0 Å². The van der Waals surface area contributed by atoms with Crippen LogP contribution >= 0.6 is 0 Å². The summed E-state index contributed by atoms with van der Waals surface area (Å²) >= 11 is 0. The van der Waals surface area contributed by atoms with Gasteiger partial charge in [-0.25, -0.2) is 4.98 Å². The summed E-state index contributed by atoms with van der Waals surface area (Å²) < 4.78 is 5.11. The molecule has 6 nitrogen and oxygen atoms in total. The molecule has 0 radical (unpaired) electrons. The van der Waals surface area contributed by atoms with Crippen molar-refractivity contribution in [1.29, 1.82) is 5.26 Å². The Labute approximate surface area is 105 Å². The van der Waals surface area contributed by atoms with E-state index in [1.54, 1.807) is 12.1 Å². The maximum atomic E-state index is 8.68. The van der Waals surface area contributed by atoms with E-state index in [1.165, 1.54) is 6.20 Å². The second kappa shape index (κ2) is 5.38. The topological polar surface area (TPSA) is 87.6 Å². The first-order valence-corrected chi connectivity index (χ1v) is 5.61. The zero-order valence-corrected chi connectivity index (χ0v) is 10.2. The summed E-state index contributed by atoms with van der Waals surface area (Å²) in [5.74, 6) is 0.949. The number of nitrogens with zero attached hydrogens (tertiary/aromatic N) is 4. The van der Waals surface area contributed by atoms with Crippen LogP contribution in [0.25, 0.3) is 11.6 Å². The maximum absolute atomic E-state index is 8.68. The van der Waals surface area contributed by atoms with E-state index in [-0.39, 0.29) is 0 Å². The molecule has 0 unspecified atom stereocenters. The van der Waals surface area contributed by atoms with E-state index in [0.29, 0.717) is 35.6 Å². The molecular formula is C12H13N5O. The Morgan fingerprint density at radius 2 is 2.28 bits per heavy atom. The Morgan fingerprint density at radius 3 is 2.89 bits per heavy atom. The number of pyridine rings is 1. The standard InChI is InChI=1S/C12H13N5O/c1-8(2)14-7-11-16-12(18-17-11)10-4-3-9(5-13)6-15-10/h3-4,6,8,14H,7H2,1-2H3. The van der Waals surface area contributed by atoms with E-state index in [4.69, 9.17) is 9.78 Å². The predicted octanol–water partition coefficient (Wildman–Crippen LogP) is 1.50. The Bertz CT molecular complexity index is 553. The average molecular weight is 243 g/mol. The van der Waals surface area contributed by atoms with Crippen LogP contribution in [0.5, 0.6) is 0 Å². The highest BCUT2D eigenvalue weighted by Gasteiger charge is 2.10. The lowest BCUT2D eigenvalue weighted by molar-refractivity contribution is 0.416. The predicted molar refractivity (Wildman–Crippen MR) is 64.2 cm³/mol. The van der Waals surface area contributed by atoms with Crippen molar-refractivity contribution in [3.63, 3.8) is 0 Å². The molecule has 2 rings (SSSR count). The van der Waals surface area contributed by atoms with Crippen molar-refractivity contribution in [2.24, 2.45) is 0 Å². The summed E-state index contributed by atoms with van der Waals surface area (Å²) in [7, 11) is 0. The summed E-state index contributed by atoms with van der Waals surface area (Å²) in [5.41, 5.74) is 1.07. The molecule has 0 amide bonds. The van der Waals surface area contributed by atoms with Crippen LogP contribution in [-0.4, -0.2) is 21.2 Å². The quantitative estimate of drug-likeness (QED) is 0.875. The SMILES string of the molecule is CC(C)NCc1noc(-c2ccc(C#N)cn2)n1. The van der Waals surface area contributed by atoms with Gasteiger partial charge in [0.2, 0.25) is 0 Å². The first kappa shape index (κ1) is 12.2. The van der Waals surface area contributed by atoms with E-state index in [2.05, 4.69) is 20.4 Å². The van der Waals surface area contributed by atoms with Crippen molar-refractivity contribution in [3.05, 3.63) is 29.7 Å². The third-order valence-corrected chi connectivity index (χ3v) is 2.25. The van der Waals surface area contributed by atoms with Gasteiger partial charge in [0.05, 0.1) is 12.1 Å². The van der Waals surface area contributed by atoms with Crippen molar-refractivity contribution in [2.75, 3.05) is 0 Å². The molecule has 0 saturated carbocycles. The lowest BCUT2D eigenvalue weighted by Crippen LogP contribution is -2.22. The zero-order valence-electron chi connectivity index (χ0n) is 10.2. The number of aromatic nitrogens is 3. The molecule has 92 valence electrons. The monoisotopic (exact) mass is 243 g/mol. The van der Waals surface area contributed by atoms with Gasteiger partial charge in [0, 0.05) is 12.2 Å². The molecule has 0 saturated heterocycles. The zero-order chi connectivity index (χ0) is 13.0. The van der Waals surface area contributed by atoms with Crippen LogP contribution in [0.2, 0.25) is 0 Å². The van der Waals surface area contributed by atoms with Crippen molar-refractivity contribution in [3.8, 4) is 17.7 Å². The largest absolute Gasteiger partial charge is 0.332 e. The molecule has 0 aromatic carbocycles. The minimum absolute atomic E-state index is 0.361. The molecule has 2 heterocycles. The third-order valence-electron chi connectivity index (χ3n) is 2.25. The van der Waals surface area contributed by atoms with Gasteiger partial charge in [-0.2, -0.15) is 10.2 Å². The Balaban J connectivity index is 2.11. The van der Waals surface area contributed by atoms with Crippen LogP contribution in [0.4, 0.5) is 0 Å². The van der Waals surface area contributed by atoms with E-state index < -0.39 is 0 Å². The number of hydrogen-bond acceptors (Lipinski definition) is 6. The second-order valence-corrected chi connectivity index (χ2v) is 4.10. The van der Waals surface area contributed by atoms with Gasteiger partial charge in [-0.3, -0.25) is 0 Å². The fourth-order valence-electron chi connectivity index (χ4n) is 1.31. The molecule has 2 aromatic rings. The Morgan fingerprint density at radius 1 is 1.44 bits per heavy atom. The minimum Gasteiger partial charge on any atom is -0.332 e. The van der Waals surface area contributed by atoms with Gasteiger partial charge in [0.15, 0.2) is 5.82 Å². The lowest BCUT2D eigenvalue weighted by atomic mass is 10.3. The molecule has 0 atom stereocenters. The summed E-state index contributed by atoms with van der Waals surface area (Å²) in [5, 5.41) is 15.7. The van der Waals surface area contributed by atoms with Crippen LogP contribution in [0.15, 0.2) is 22.9 Å². The van der Waals surface area contributed by atoms with Gasteiger partial charge in [0.25, 0.3) is 5.89 Å². The van der Waals surface area contributed by atoms with Crippen molar-refractivity contribution >= 4 is 0 Å². The van der Waals surface area contributed by atoms with Crippen LogP contribution in [0, 0.1) is 11.3 Å². The molecule has 18 heavy (non-hydrogen) atoms. The van der Waals surface area contributed by atoms with Crippen LogP contribution in [0.1, 0.15) is 25.2 Å². The normalized spacial score (nSPS) is 10.6. The van der Waals surface area contributed by atoms with Crippen LogP contribution < -0.4 is 5.32 Å². The van der Waals surface area contributed by atoms with Gasteiger partial charge in [-0.05, 0) is 12.1 Å². The van der Waals surface area contributed by atoms with Gasteiger partial charge < -0.3 is 9.84 Å². The third kappa shape index (κ3) is 2.90. The molecule has 0 aliphatic rings. The number of nitriles is 1. The van der Waals surface area contributed by atoms with Gasteiger partial charge >= 0.3 is 0 Å². The summed E-state index contributed by atoms with van der Waals surface area (Å²) in [6.07, 6.45) is 1.48. The summed E-state index contributed by atoms with van der Waals surface area (Å²) in [6, 6.07) is 5.72. The molecule has 0 fully saturated rings. The molecule has 0 bridgehead atoms. The first-order chi connectivity index (χ1) is 8.69. The number of nitrogens with one attached hydrogen (secondary N) is 1. The van der Waals surface area contributed by atoms with Crippen molar-refractivity contribution in [2.45, 2.75) is 26.4 Å². The van der Waals surface area contributed by atoms with E-state index in [1.807, 2.05) is 19.9 Å². The van der Waals surface area contributed by atoms with Gasteiger partial charge in [-0.15, -0.1) is 0 Å². The second-order valence-electron chi connectivity index (χ2n) is 4.10. The van der Waals surface area contributed by atoms with E-state index >= 15 is 0 Å². The average Bonchev–Trinajstić information content (AvgIpc) is 2.85. The molecule has 0 aliphatic heterocycles. The van der Waals surface area contributed by atoms with Crippen molar-refractivity contribution in [1.82, 2.24) is 20.4 Å². The van der Waals surface area contributed by atoms with E-state index in [0.717, 1.165) is 0 Å². The fourth-order valence-corrected chi connectivity index (χ4v) is 1.31. The van der Waals surface area contributed by atoms with Gasteiger partial charge in [0.1, 0.15) is 11.8 Å². The maximum Gasteiger partial charge on any atom is 0.276 e. The highest BCUT2D eigenvalue weighted by atomic mass is 16.5. The Hall–Kier alpha value is -2.26. The molecule has 0 spiro atoms. The number of rotatable bonds is 4. The first-order valence-electron chi connectivity index (χ1n) is 5.61. The minimum atomic E-state index is 0.361. The van der Waals surface area contributed by atoms with Crippen LogP contribution in [0.3, 0.4) is 0 Å². The van der Waals surface area contributed by atoms with Crippen LogP contribution in [-0.2, 0) is 6.54 Å². The van der Waals surface area contributed by atoms with E-state index in [9.17, 15) is 0 Å². The smallest absolute Gasteiger partial charge is 0.276 e. The molecular weight excluding hydrogens is 230 g/mol. The molecule has 0 aliphatic carbocycles. The Kier molecular flexibility index (Phi) is 3.65. The summed E-state index contributed by atoms with van der Waals surface area (Å²) in [6.45, 7) is 4.64. The number of hydrogen-bond donors (Lipinski definition) is 1. The fraction of sp³-hybridized carbons (Fsp3) is 0.333.